The standard InChI is InChI=1S/C12H12F3N3O2/c1-2-17(7-12(13,14)15)10-9(11(19)20)18-6-4-3-5-8(18)16-10/h3-6H,2,7H2,1H3,(H,19,20). The molecule has 5 nitrogen and oxygen atoms in total. The molecule has 0 spiro atoms. The molecule has 108 valence electrons. The summed E-state index contributed by atoms with van der Waals surface area (Å²) in [5.41, 5.74) is 0.0206. The first-order chi connectivity index (χ1) is 9.33. The fourth-order valence-electron chi connectivity index (χ4n) is 1.96. The SMILES string of the molecule is CCN(CC(F)(F)F)c1nc2ccccn2c1C(=O)O. The van der Waals surface area contributed by atoms with Gasteiger partial charge in [0.25, 0.3) is 0 Å². The van der Waals surface area contributed by atoms with Crippen LogP contribution >= 0.6 is 0 Å². The number of carbonyl (C=O) groups is 1. The van der Waals surface area contributed by atoms with Gasteiger partial charge in [-0.15, -0.1) is 0 Å². The van der Waals surface area contributed by atoms with Crippen LogP contribution in [-0.2, 0) is 0 Å². The van der Waals surface area contributed by atoms with Crippen molar-refractivity contribution in [3.8, 4) is 0 Å². The Morgan fingerprint density at radius 1 is 1.45 bits per heavy atom. The van der Waals surface area contributed by atoms with Crippen LogP contribution < -0.4 is 4.90 Å². The summed E-state index contributed by atoms with van der Waals surface area (Å²) in [5, 5.41) is 9.23. The van der Waals surface area contributed by atoms with Gasteiger partial charge in [-0.25, -0.2) is 9.78 Å². The van der Waals surface area contributed by atoms with E-state index in [-0.39, 0.29) is 18.1 Å². The van der Waals surface area contributed by atoms with Gasteiger partial charge in [0.1, 0.15) is 12.2 Å². The molecule has 2 aromatic heterocycles. The van der Waals surface area contributed by atoms with Crippen molar-refractivity contribution in [3.63, 3.8) is 0 Å². The third-order valence-corrected chi connectivity index (χ3v) is 2.77. The highest BCUT2D eigenvalue weighted by molar-refractivity contribution is 5.93. The highest BCUT2D eigenvalue weighted by Gasteiger charge is 2.33. The minimum Gasteiger partial charge on any atom is -0.476 e. The van der Waals surface area contributed by atoms with E-state index in [1.807, 2.05) is 0 Å². The number of alkyl halides is 3. The van der Waals surface area contributed by atoms with Crippen molar-refractivity contribution in [1.29, 1.82) is 0 Å². The monoisotopic (exact) mass is 287 g/mol. The molecule has 0 amide bonds. The number of aromatic carboxylic acids is 1. The number of carboxylic acid groups (broad SMARTS) is 1. The minimum atomic E-state index is -4.43. The highest BCUT2D eigenvalue weighted by atomic mass is 19.4. The van der Waals surface area contributed by atoms with Crippen molar-refractivity contribution in [2.45, 2.75) is 13.1 Å². The van der Waals surface area contributed by atoms with Crippen molar-refractivity contribution in [2.75, 3.05) is 18.0 Å². The second-order valence-electron chi connectivity index (χ2n) is 4.15. The second-order valence-corrected chi connectivity index (χ2v) is 4.15. The van der Waals surface area contributed by atoms with Gasteiger partial charge in [0, 0.05) is 12.7 Å². The average molecular weight is 287 g/mol. The number of hydrogen-bond acceptors (Lipinski definition) is 3. The Morgan fingerprint density at radius 3 is 2.70 bits per heavy atom. The predicted octanol–water partition coefficient (Wildman–Crippen LogP) is 2.42. The Morgan fingerprint density at radius 2 is 2.15 bits per heavy atom. The largest absolute Gasteiger partial charge is 0.476 e. The summed E-state index contributed by atoms with van der Waals surface area (Å²) in [6.45, 7) is 0.277. The average Bonchev–Trinajstić information content (AvgIpc) is 2.73. The normalized spacial score (nSPS) is 11.8. The number of fused-ring (bicyclic) bond motifs is 1. The Labute approximate surface area is 112 Å². The molecule has 2 heterocycles. The number of carboxylic acids is 1. The number of rotatable bonds is 4. The number of aromatic nitrogens is 2. The number of pyridine rings is 1. The smallest absolute Gasteiger partial charge is 0.405 e. The summed E-state index contributed by atoms with van der Waals surface area (Å²) >= 11 is 0. The molecule has 20 heavy (non-hydrogen) atoms. The van der Waals surface area contributed by atoms with Crippen LogP contribution in [0.1, 0.15) is 17.4 Å². The van der Waals surface area contributed by atoms with Crippen LogP contribution in [0.2, 0.25) is 0 Å². The number of hydrogen-bond donors (Lipinski definition) is 1. The van der Waals surface area contributed by atoms with Crippen LogP contribution in [0.5, 0.6) is 0 Å². The number of anilines is 1. The van der Waals surface area contributed by atoms with E-state index in [4.69, 9.17) is 0 Å². The van der Waals surface area contributed by atoms with E-state index in [1.165, 1.54) is 23.6 Å². The number of nitrogens with zero attached hydrogens (tertiary/aromatic N) is 3. The highest BCUT2D eigenvalue weighted by Crippen LogP contribution is 2.25. The molecular weight excluding hydrogens is 275 g/mol. The zero-order valence-electron chi connectivity index (χ0n) is 10.6. The summed E-state index contributed by atoms with van der Waals surface area (Å²) < 4.78 is 38.9. The van der Waals surface area contributed by atoms with E-state index in [1.54, 1.807) is 12.1 Å². The molecule has 0 atom stereocenters. The summed E-state index contributed by atoms with van der Waals surface area (Å²) in [5.74, 6) is -1.50. The van der Waals surface area contributed by atoms with E-state index in [2.05, 4.69) is 4.98 Å². The lowest BCUT2D eigenvalue weighted by Crippen LogP contribution is -2.35. The number of halogens is 3. The first-order valence-electron chi connectivity index (χ1n) is 5.85. The Balaban J connectivity index is 2.57. The van der Waals surface area contributed by atoms with Gasteiger partial charge in [0.05, 0.1) is 0 Å². The van der Waals surface area contributed by atoms with E-state index < -0.39 is 18.7 Å². The lowest BCUT2D eigenvalue weighted by atomic mass is 10.3. The van der Waals surface area contributed by atoms with Gasteiger partial charge in [0.2, 0.25) is 0 Å². The summed E-state index contributed by atoms with van der Waals surface area (Å²) in [7, 11) is 0. The van der Waals surface area contributed by atoms with Gasteiger partial charge in [-0.2, -0.15) is 13.2 Å². The topological polar surface area (TPSA) is 57.8 Å². The van der Waals surface area contributed by atoms with Gasteiger partial charge in [-0.05, 0) is 19.1 Å². The second kappa shape index (κ2) is 5.03. The third-order valence-electron chi connectivity index (χ3n) is 2.77. The molecule has 0 aliphatic rings. The van der Waals surface area contributed by atoms with Crippen molar-refractivity contribution >= 4 is 17.4 Å². The van der Waals surface area contributed by atoms with Crippen LogP contribution in [0, 0.1) is 0 Å². The van der Waals surface area contributed by atoms with Crippen molar-refractivity contribution in [2.24, 2.45) is 0 Å². The first-order valence-corrected chi connectivity index (χ1v) is 5.85. The lowest BCUT2D eigenvalue weighted by molar-refractivity contribution is -0.119. The van der Waals surface area contributed by atoms with Gasteiger partial charge < -0.3 is 10.0 Å². The maximum absolute atomic E-state index is 12.5. The van der Waals surface area contributed by atoms with Crippen LogP contribution in [0.4, 0.5) is 19.0 Å². The fourth-order valence-corrected chi connectivity index (χ4v) is 1.96. The van der Waals surface area contributed by atoms with Crippen molar-refractivity contribution in [1.82, 2.24) is 9.38 Å². The molecule has 0 unspecified atom stereocenters. The fraction of sp³-hybridized carbons (Fsp3) is 0.333. The molecule has 0 saturated heterocycles. The molecule has 0 aromatic carbocycles. The minimum absolute atomic E-state index is 0.00364. The Hall–Kier alpha value is -2.25. The zero-order chi connectivity index (χ0) is 14.9. The molecular formula is C12H12F3N3O2. The molecule has 0 fully saturated rings. The lowest BCUT2D eigenvalue weighted by Gasteiger charge is -2.22. The molecule has 2 rings (SSSR count). The summed E-state index contributed by atoms with van der Waals surface area (Å²) in [4.78, 5) is 16.2. The maximum Gasteiger partial charge on any atom is 0.405 e. The number of imidazole rings is 1. The molecule has 0 bridgehead atoms. The molecule has 0 aliphatic heterocycles. The maximum atomic E-state index is 12.5. The van der Waals surface area contributed by atoms with Gasteiger partial charge in [0.15, 0.2) is 11.5 Å². The predicted molar refractivity (Wildman–Crippen MR) is 66.1 cm³/mol. The molecule has 2 aromatic rings. The van der Waals surface area contributed by atoms with E-state index in [9.17, 15) is 23.1 Å². The third kappa shape index (κ3) is 2.68. The molecule has 0 aliphatic carbocycles. The Bertz CT molecular complexity index is 636. The van der Waals surface area contributed by atoms with E-state index in [0.29, 0.717) is 5.65 Å². The van der Waals surface area contributed by atoms with Gasteiger partial charge in [-0.3, -0.25) is 4.40 Å². The summed E-state index contributed by atoms with van der Waals surface area (Å²) in [6.07, 6.45) is -2.97. The van der Waals surface area contributed by atoms with Crippen LogP contribution in [0.25, 0.3) is 5.65 Å². The van der Waals surface area contributed by atoms with Gasteiger partial charge in [-0.1, -0.05) is 6.07 Å². The quantitative estimate of drug-likeness (QED) is 0.938. The van der Waals surface area contributed by atoms with Crippen LogP contribution in [0.3, 0.4) is 0 Å². The van der Waals surface area contributed by atoms with E-state index in [0.717, 1.165) is 4.90 Å². The van der Waals surface area contributed by atoms with Crippen molar-refractivity contribution in [3.05, 3.63) is 30.1 Å². The van der Waals surface area contributed by atoms with Gasteiger partial charge >= 0.3 is 12.1 Å². The molecule has 8 heteroatoms. The first kappa shape index (κ1) is 14.2. The molecule has 1 N–H and O–H groups in total. The molecule has 0 radical (unpaired) electrons. The zero-order valence-corrected chi connectivity index (χ0v) is 10.6. The summed E-state index contributed by atoms with van der Waals surface area (Å²) in [6, 6.07) is 4.76. The van der Waals surface area contributed by atoms with Crippen molar-refractivity contribution < 1.29 is 23.1 Å². The Kier molecular flexibility index (Phi) is 3.56. The van der Waals surface area contributed by atoms with Crippen LogP contribution in [0.15, 0.2) is 24.4 Å². The van der Waals surface area contributed by atoms with E-state index >= 15 is 0 Å². The molecule has 0 saturated carbocycles. The van der Waals surface area contributed by atoms with Crippen LogP contribution in [-0.4, -0.2) is 39.7 Å².